The van der Waals surface area contributed by atoms with E-state index in [-0.39, 0.29) is 0 Å². The summed E-state index contributed by atoms with van der Waals surface area (Å²) in [6.45, 7) is 2.15. The molecule has 19 heavy (non-hydrogen) atoms. The monoisotopic (exact) mass is 250 g/mol. The van der Waals surface area contributed by atoms with Crippen molar-refractivity contribution in [1.29, 1.82) is 0 Å². The van der Waals surface area contributed by atoms with Crippen molar-refractivity contribution >= 4 is 0 Å². The van der Waals surface area contributed by atoms with E-state index < -0.39 is 0 Å². The minimum atomic E-state index is 0.375. The molecular weight excluding hydrogens is 232 g/mol. The second-order valence-corrected chi connectivity index (χ2v) is 5.52. The van der Waals surface area contributed by atoms with Gasteiger partial charge in [-0.15, -0.1) is 0 Å². The van der Waals surface area contributed by atoms with Gasteiger partial charge in [-0.3, -0.25) is 10.2 Å². The third-order valence-corrected chi connectivity index (χ3v) is 4.39. The van der Waals surface area contributed by atoms with Crippen LogP contribution in [0.3, 0.4) is 0 Å². The smallest absolute Gasteiger partial charge is 0.0867 e. The minimum absolute atomic E-state index is 0.375. The summed E-state index contributed by atoms with van der Waals surface area (Å²) >= 11 is 0. The van der Waals surface area contributed by atoms with Gasteiger partial charge in [-0.1, -0.05) is 54.6 Å². The van der Waals surface area contributed by atoms with E-state index in [1.807, 2.05) is 0 Å². The van der Waals surface area contributed by atoms with Gasteiger partial charge < -0.3 is 0 Å². The topological polar surface area (TPSA) is 15.3 Å². The maximum atomic E-state index is 3.68. The van der Waals surface area contributed by atoms with Crippen LogP contribution in [-0.2, 0) is 13.0 Å². The average Bonchev–Trinajstić information content (AvgIpc) is 2.88. The largest absolute Gasteiger partial charge is 0.296 e. The van der Waals surface area contributed by atoms with Crippen LogP contribution in [0, 0.1) is 0 Å². The van der Waals surface area contributed by atoms with E-state index in [9.17, 15) is 0 Å². The summed E-state index contributed by atoms with van der Waals surface area (Å²) in [4.78, 5) is 2.61. The molecule has 2 aliphatic heterocycles. The van der Waals surface area contributed by atoms with Gasteiger partial charge in [0.15, 0.2) is 0 Å². The van der Waals surface area contributed by atoms with Crippen LogP contribution in [0.2, 0.25) is 0 Å². The maximum absolute atomic E-state index is 3.68. The lowest BCUT2D eigenvalue weighted by molar-refractivity contribution is 0.167. The van der Waals surface area contributed by atoms with E-state index in [2.05, 4.69) is 64.8 Å². The van der Waals surface area contributed by atoms with Gasteiger partial charge in [-0.2, -0.15) is 0 Å². The first-order chi connectivity index (χ1) is 9.42. The second-order valence-electron chi connectivity index (χ2n) is 5.52. The Morgan fingerprint density at radius 1 is 0.895 bits per heavy atom. The molecule has 2 aromatic rings. The van der Waals surface area contributed by atoms with Crippen molar-refractivity contribution in [2.24, 2.45) is 0 Å². The van der Waals surface area contributed by atoms with Crippen LogP contribution in [0.4, 0.5) is 0 Å². The minimum Gasteiger partial charge on any atom is -0.296 e. The molecule has 1 N–H and O–H groups in total. The summed E-state index contributed by atoms with van der Waals surface area (Å²) in [5.41, 5.74) is 4.40. The molecule has 0 spiro atoms. The highest BCUT2D eigenvalue weighted by Gasteiger charge is 2.36. The fraction of sp³-hybridized carbons (Fsp3) is 0.294. The Labute approximate surface area is 114 Å². The highest BCUT2D eigenvalue weighted by molar-refractivity contribution is 5.32. The summed E-state index contributed by atoms with van der Waals surface area (Å²) in [7, 11) is 0. The molecule has 0 aromatic heterocycles. The maximum Gasteiger partial charge on any atom is 0.0867 e. The zero-order valence-corrected chi connectivity index (χ0v) is 10.9. The molecule has 4 rings (SSSR count). The fourth-order valence-corrected chi connectivity index (χ4v) is 3.41. The van der Waals surface area contributed by atoms with Gasteiger partial charge in [-0.05, 0) is 23.1 Å². The molecule has 2 heteroatoms. The van der Waals surface area contributed by atoms with E-state index in [1.54, 1.807) is 0 Å². The van der Waals surface area contributed by atoms with Gasteiger partial charge in [0, 0.05) is 19.1 Å². The van der Waals surface area contributed by atoms with Crippen molar-refractivity contribution in [3.05, 3.63) is 71.3 Å². The van der Waals surface area contributed by atoms with Crippen LogP contribution >= 0.6 is 0 Å². The van der Waals surface area contributed by atoms with Gasteiger partial charge in [0.2, 0.25) is 0 Å². The highest BCUT2D eigenvalue weighted by Crippen LogP contribution is 2.33. The number of hydrogen-bond donors (Lipinski definition) is 1. The SMILES string of the molecule is c1ccc([C@H]2NC[C@H]3Cc4ccccc4CN32)cc1. The van der Waals surface area contributed by atoms with Crippen molar-refractivity contribution in [2.45, 2.75) is 25.2 Å². The molecule has 2 aliphatic rings. The number of rotatable bonds is 1. The van der Waals surface area contributed by atoms with Crippen LogP contribution in [0.15, 0.2) is 54.6 Å². The molecule has 0 unspecified atom stereocenters. The lowest BCUT2D eigenvalue weighted by Crippen LogP contribution is -2.38. The van der Waals surface area contributed by atoms with Crippen molar-refractivity contribution in [3.63, 3.8) is 0 Å². The zero-order chi connectivity index (χ0) is 12.7. The van der Waals surface area contributed by atoms with Crippen LogP contribution < -0.4 is 5.32 Å². The molecule has 1 saturated heterocycles. The van der Waals surface area contributed by atoms with Crippen LogP contribution in [0.25, 0.3) is 0 Å². The highest BCUT2D eigenvalue weighted by atomic mass is 15.4. The molecule has 0 aliphatic carbocycles. The van der Waals surface area contributed by atoms with Crippen molar-refractivity contribution < 1.29 is 0 Å². The predicted octanol–water partition coefficient (Wildman–Crippen LogP) is 2.72. The molecule has 2 heterocycles. The van der Waals surface area contributed by atoms with Crippen LogP contribution in [0.1, 0.15) is 22.9 Å². The Hall–Kier alpha value is -1.64. The molecule has 2 aromatic carbocycles. The van der Waals surface area contributed by atoms with E-state index in [4.69, 9.17) is 0 Å². The first kappa shape index (κ1) is 11.2. The molecule has 0 saturated carbocycles. The Morgan fingerprint density at radius 2 is 1.63 bits per heavy atom. The third-order valence-electron chi connectivity index (χ3n) is 4.39. The Balaban J connectivity index is 1.66. The fourth-order valence-electron chi connectivity index (χ4n) is 3.41. The molecule has 0 bridgehead atoms. The van der Waals surface area contributed by atoms with E-state index >= 15 is 0 Å². The molecule has 2 nitrogen and oxygen atoms in total. The average molecular weight is 250 g/mol. The van der Waals surface area contributed by atoms with Gasteiger partial charge in [0.05, 0.1) is 6.17 Å². The summed E-state index contributed by atoms with van der Waals surface area (Å²) in [6, 6.07) is 20.3. The number of hydrogen-bond acceptors (Lipinski definition) is 2. The molecule has 96 valence electrons. The van der Waals surface area contributed by atoms with Crippen molar-refractivity contribution in [3.8, 4) is 0 Å². The molecule has 2 atom stereocenters. The number of nitrogens with zero attached hydrogens (tertiary/aromatic N) is 1. The van der Waals surface area contributed by atoms with Crippen molar-refractivity contribution in [1.82, 2.24) is 10.2 Å². The molecular formula is C17H18N2. The lowest BCUT2D eigenvalue weighted by Gasteiger charge is -2.34. The Kier molecular flexibility index (Phi) is 2.64. The first-order valence-corrected chi connectivity index (χ1v) is 7.03. The lowest BCUT2D eigenvalue weighted by atomic mass is 9.94. The second kappa shape index (κ2) is 4.48. The van der Waals surface area contributed by atoms with Gasteiger partial charge in [-0.25, -0.2) is 0 Å². The predicted molar refractivity (Wildman–Crippen MR) is 76.7 cm³/mol. The first-order valence-electron chi connectivity index (χ1n) is 7.03. The zero-order valence-electron chi connectivity index (χ0n) is 10.9. The van der Waals surface area contributed by atoms with Gasteiger partial charge >= 0.3 is 0 Å². The molecule has 0 radical (unpaired) electrons. The summed E-state index contributed by atoms with van der Waals surface area (Å²) in [5.74, 6) is 0. The Morgan fingerprint density at radius 3 is 2.47 bits per heavy atom. The van der Waals surface area contributed by atoms with E-state index in [1.165, 1.54) is 23.1 Å². The van der Waals surface area contributed by atoms with E-state index in [0.717, 1.165) is 13.1 Å². The number of fused-ring (bicyclic) bond motifs is 2. The van der Waals surface area contributed by atoms with Crippen molar-refractivity contribution in [2.75, 3.05) is 6.54 Å². The number of benzene rings is 2. The summed E-state index contributed by atoms with van der Waals surface area (Å²) in [6.07, 6.45) is 1.55. The number of nitrogens with one attached hydrogen (secondary N) is 1. The Bertz CT molecular complexity index is 579. The molecule has 1 fully saturated rings. The quantitative estimate of drug-likeness (QED) is 0.837. The summed E-state index contributed by atoms with van der Waals surface area (Å²) in [5, 5.41) is 3.68. The van der Waals surface area contributed by atoms with E-state index in [0.29, 0.717) is 12.2 Å². The van der Waals surface area contributed by atoms with Crippen LogP contribution in [0.5, 0.6) is 0 Å². The normalized spacial score (nSPS) is 25.9. The van der Waals surface area contributed by atoms with Crippen LogP contribution in [-0.4, -0.2) is 17.5 Å². The van der Waals surface area contributed by atoms with Gasteiger partial charge in [0.25, 0.3) is 0 Å². The standard InChI is InChI=1S/C17H18N2/c1-2-6-13(7-3-1)17-18-11-16-10-14-8-4-5-9-15(14)12-19(16)17/h1-9,16-18H,10-12H2/t16-,17+/m1/s1. The third kappa shape index (κ3) is 1.88. The summed E-state index contributed by atoms with van der Waals surface area (Å²) < 4.78 is 0. The molecule has 0 amide bonds. The van der Waals surface area contributed by atoms with Gasteiger partial charge in [0.1, 0.15) is 0 Å².